The van der Waals surface area contributed by atoms with E-state index >= 15 is 0 Å². The highest BCUT2D eigenvalue weighted by Crippen LogP contribution is 2.19. The van der Waals surface area contributed by atoms with Crippen LogP contribution in [0.25, 0.3) is 0 Å². The molecule has 0 atom stereocenters. The van der Waals surface area contributed by atoms with Crippen LogP contribution in [-0.2, 0) is 6.54 Å². The zero-order valence-electron chi connectivity index (χ0n) is 9.74. The highest BCUT2D eigenvalue weighted by atomic mass is 79.9. The van der Waals surface area contributed by atoms with E-state index in [0.29, 0.717) is 17.8 Å². The van der Waals surface area contributed by atoms with Crippen LogP contribution >= 0.6 is 27.3 Å². The van der Waals surface area contributed by atoms with Crippen LogP contribution < -0.4 is 11.1 Å². The highest BCUT2D eigenvalue weighted by molar-refractivity contribution is 9.10. The number of anilines is 1. The molecule has 2 aromatic rings. The Hall–Kier alpha value is -1.40. The molecule has 18 heavy (non-hydrogen) atoms. The van der Waals surface area contributed by atoms with Gasteiger partial charge in [-0.3, -0.25) is 4.79 Å². The zero-order chi connectivity index (χ0) is 13.1. The minimum atomic E-state index is -0.165. The third-order valence-corrected chi connectivity index (χ3v) is 3.91. The van der Waals surface area contributed by atoms with Gasteiger partial charge in [0.05, 0.1) is 12.1 Å². The molecule has 0 saturated carbocycles. The number of amides is 1. The predicted molar refractivity (Wildman–Crippen MR) is 76.6 cm³/mol. The van der Waals surface area contributed by atoms with Crippen molar-refractivity contribution in [3.63, 3.8) is 0 Å². The van der Waals surface area contributed by atoms with E-state index < -0.39 is 0 Å². The topological polar surface area (TPSA) is 68.0 Å². The molecule has 1 amide bonds. The Morgan fingerprint density at radius 2 is 2.33 bits per heavy atom. The average molecular weight is 326 g/mol. The molecule has 3 N–H and O–H groups in total. The van der Waals surface area contributed by atoms with Gasteiger partial charge in [-0.15, -0.1) is 11.3 Å². The van der Waals surface area contributed by atoms with Crippen LogP contribution in [0, 0.1) is 6.92 Å². The Labute approximate surface area is 117 Å². The standard InChI is InChI=1S/C12H12BrN3OS/c1-7-5-15-11(18-7)6-16-12(17)9-4-8(14)2-3-10(9)13/h2-5H,6,14H2,1H3,(H,16,17). The van der Waals surface area contributed by atoms with E-state index in [4.69, 9.17) is 5.73 Å². The lowest BCUT2D eigenvalue weighted by Gasteiger charge is -2.06. The molecule has 1 heterocycles. The van der Waals surface area contributed by atoms with Gasteiger partial charge in [-0.05, 0) is 41.1 Å². The number of carbonyl (C=O) groups excluding carboxylic acids is 1. The fourth-order valence-corrected chi connectivity index (χ4v) is 2.60. The second-order valence-electron chi connectivity index (χ2n) is 3.79. The maximum absolute atomic E-state index is 12.0. The summed E-state index contributed by atoms with van der Waals surface area (Å²) in [6.07, 6.45) is 1.79. The molecule has 0 bridgehead atoms. The van der Waals surface area contributed by atoms with E-state index in [-0.39, 0.29) is 5.91 Å². The van der Waals surface area contributed by atoms with Gasteiger partial charge in [-0.25, -0.2) is 4.98 Å². The van der Waals surface area contributed by atoms with Crippen LogP contribution in [0.3, 0.4) is 0 Å². The first kappa shape index (κ1) is 13.0. The Kier molecular flexibility index (Phi) is 3.98. The number of hydrogen-bond donors (Lipinski definition) is 2. The molecule has 0 fully saturated rings. The summed E-state index contributed by atoms with van der Waals surface area (Å²) >= 11 is 4.90. The van der Waals surface area contributed by atoms with Crippen molar-refractivity contribution in [2.75, 3.05) is 5.73 Å². The summed E-state index contributed by atoms with van der Waals surface area (Å²) in [5, 5.41) is 3.71. The van der Waals surface area contributed by atoms with Crippen LogP contribution in [0.15, 0.2) is 28.9 Å². The summed E-state index contributed by atoms with van der Waals surface area (Å²) in [5.41, 5.74) is 6.76. The van der Waals surface area contributed by atoms with E-state index in [1.807, 2.05) is 6.92 Å². The SMILES string of the molecule is Cc1cnc(CNC(=O)c2cc(N)ccc2Br)s1. The van der Waals surface area contributed by atoms with E-state index in [9.17, 15) is 4.79 Å². The lowest BCUT2D eigenvalue weighted by molar-refractivity contribution is 0.0950. The van der Waals surface area contributed by atoms with Crippen LogP contribution in [0.4, 0.5) is 5.69 Å². The third kappa shape index (κ3) is 3.08. The van der Waals surface area contributed by atoms with Crippen molar-refractivity contribution >= 4 is 38.9 Å². The Balaban J connectivity index is 2.05. The largest absolute Gasteiger partial charge is 0.399 e. The maximum atomic E-state index is 12.0. The van der Waals surface area contributed by atoms with Gasteiger partial charge in [0.1, 0.15) is 5.01 Å². The number of halogens is 1. The average Bonchev–Trinajstić information content (AvgIpc) is 2.75. The van der Waals surface area contributed by atoms with Crippen molar-refractivity contribution in [2.24, 2.45) is 0 Å². The number of nitrogens with zero attached hydrogens (tertiary/aromatic N) is 1. The van der Waals surface area contributed by atoms with Gasteiger partial charge in [-0.2, -0.15) is 0 Å². The molecule has 0 aliphatic carbocycles. The lowest BCUT2D eigenvalue weighted by atomic mass is 10.2. The minimum absolute atomic E-state index is 0.165. The van der Waals surface area contributed by atoms with E-state index in [2.05, 4.69) is 26.2 Å². The second-order valence-corrected chi connectivity index (χ2v) is 5.96. The fourth-order valence-electron chi connectivity index (χ4n) is 1.45. The summed E-state index contributed by atoms with van der Waals surface area (Å²) in [7, 11) is 0. The first-order valence-electron chi connectivity index (χ1n) is 5.31. The molecule has 94 valence electrons. The molecular weight excluding hydrogens is 314 g/mol. The summed E-state index contributed by atoms with van der Waals surface area (Å²) in [6, 6.07) is 5.15. The number of carbonyl (C=O) groups is 1. The molecule has 4 nitrogen and oxygen atoms in total. The molecule has 0 aliphatic heterocycles. The molecule has 0 aliphatic rings. The molecule has 1 aromatic heterocycles. The third-order valence-electron chi connectivity index (χ3n) is 2.30. The van der Waals surface area contributed by atoms with Gasteiger partial charge in [0.25, 0.3) is 5.91 Å². The lowest BCUT2D eigenvalue weighted by Crippen LogP contribution is -2.23. The van der Waals surface area contributed by atoms with Gasteiger partial charge >= 0.3 is 0 Å². The quantitative estimate of drug-likeness (QED) is 0.852. The van der Waals surface area contributed by atoms with Gasteiger partial charge in [0, 0.05) is 21.2 Å². The van der Waals surface area contributed by atoms with E-state index in [1.54, 1.807) is 35.7 Å². The molecule has 0 spiro atoms. The van der Waals surface area contributed by atoms with E-state index in [0.717, 1.165) is 14.4 Å². The summed E-state index contributed by atoms with van der Waals surface area (Å²) in [5.74, 6) is -0.165. The van der Waals surface area contributed by atoms with Gasteiger partial charge < -0.3 is 11.1 Å². The predicted octanol–water partition coefficient (Wildman–Crippen LogP) is 2.73. The number of thiazole rings is 1. The van der Waals surface area contributed by atoms with Gasteiger partial charge in [0.2, 0.25) is 0 Å². The van der Waals surface area contributed by atoms with E-state index in [1.165, 1.54) is 0 Å². The molecule has 0 unspecified atom stereocenters. The van der Waals surface area contributed by atoms with Crippen LogP contribution in [0.1, 0.15) is 20.2 Å². The number of hydrogen-bond acceptors (Lipinski definition) is 4. The van der Waals surface area contributed by atoms with Crippen molar-refractivity contribution in [3.8, 4) is 0 Å². The van der Waals surface area contributed by atoms with Crippen LogP contribution in [-0.4, -0.2) is 10.9 Å². The first-order valence-corrected chi connectivity index (χ1v) is 6.92. The van der Waals surface area contributed by atoms with Crippen LogP contribution in [0.5, 0.6) is 0 Å². The van der Waals surface area contributed by atoms with Crippen LogP contribution in [0.2, 0.25) is 0 Å². The Morgan fingerprint density at radius 1 is 1.56 bits per heavy atom. The maximum Gasteiger partial charge on any atom is 0.252 e. The van der Waals surface area contributed by atoms with Gasteiger partial charge in [-0.1, -0.05) is 0 Å². The number of nitrogens with one attached hydrogen (secondary N) is 1. The number of aryl methyl sites for hydroxylation is 1. The van der Waals surface area contributed by atoms with Crippen molar-refractivity contribution < 1.29 is 4.79 Å². The number of nitrogen functional groups attached to an aromatic ring is 1. The van der Waals surface area contributed by atoms with Crippen molar-refractivity contribution in [2.45, 2.75) is 13.5 Å². The van der Waals surface area contributed by atoms with Crippen molar-refractivity contribution in [1.82, 2.24) is 10.3 Å². The molecule has 0 saturated heterocycles. The summed E-state index contributed by atoms with van der Waals surface area (Å²) in [4.78, 5) is 17.3. The fraction of sp³-hybridized carbons (Fsp3) is 0.167. The summed E-state index contributed by atoms with van der Waals surface area (Å²) in [6.45, 7) is 2.41. The number of benzene rings is 1. The number of aromatic nitrogens is 1. The number of nitrogens with two attached hydrogens (primary N) is 1. The zero-order valence-corrected chi connectivity index (χ0v) is 12.1. The smallest absolute Gasteiger partial charge is 0.252 e. The molecule has 0 radical (unpaired) electrons. The molecular formula is C12H12BrN3OS. The molecule has 2 rings (SSSR count). The Morgan fingerprint density at radius 3 is 3.00 bits per heavy atom. The summed E-state index contributed by atoms with van der Waals surface area (Å²) < 4.78 is 0.726. The van der Waals surface area contributed by atoms with Gasteiger partial charge in [0.15, 0.2) is 0 Å². The van der Waals surface area contributed by atoms with Crippen molar-refractivity contribution in [3.05, 3.63) is 44.3 Å². The highest BCUT2D eigenvalue weighted by Gasteiger charge is 2.10. The van der Waals surface area contributed by atoms with Crippen molar-refractivity contribution in [1.29, 1.82) is 0 Å². The minimum Gasteiger partial charge on any atom is -0.399 e. The normalized spacial score (nSPS) is 10.3. The molecule has 6 heteroatoms. The Bertz CT molecular complexity index is 582. The second kappa shape index (κ2) is 5.49. The first-order chi connectivity index (χ1) is 8.56. The molecule has 1 aromatic carbocycles. The number of rotatable bonds is 3. The monoisotopic (exact) mass is 325 g/mol.